The smallest absolute Gasteiger partial charge is 0.373 e. The number of sulfonamides is 3. The van der Waals surface area contributed by atoms with Crippen LogP contribution in [-0.2, 0) is 123 Å². The van der Waals surface area contributed by atoms with Gasteiger partial charge in [0.15, 0.2) is 5.78 Å². The number of allylic oxidation sites excluding steroid dienone is 1. The van der Waals surface area contributed by atoms with Gasteiger partial charge in [0.2, 0.25) is 41.4 Å². The molecule has 0 amide bonds. The number of Topliss-reactive ketones (excluding diaryl/α,β-unsaturated/α-hetero) is 2. The highest BCUT2D eigenvalue weighted by Gasteiger charge is 2.39. The number of aryl methyl sites for hydroxylation is 1. The van der Waals surface area contributed by atoms with E-state index in [0.29, 0.717) is 123 Å². The molecule has 9 aliphatic rings. The standard InChI is InChI=1S/C23H30N2O4S.2C22H25N3O4S.C11H17N.C8H12O2.2C4H6O.CO2.I2/c1-3-29-23(26)16-25-17(2)20(15-21(25)18-10-11-18)14-19-8-4-5-9-22(19)30(27,28)24-12-6-7-13-24;2*1-15-18(21(23-2)22(16-9-10-16)25(15)14-20(26)27)13-17-7-3-4-8-19(17)30(28,29)24-11-5-6-12-24;1-3-8-12-9(2)4-7-11(12)10-5-6-10;1-6(9)2-5-8(10)7-3-4-7;5-3-4-1-2-4;1-3-4(2)5;2-1-3;1-2/h4-5,8-9,15,18H,3,6-7,10-14,16H2,1-2H3;2*3-4,7-8,16H,5-6,9-14H2,1H3,(H,26,27);4,7,10H,3,5-6,8H2,1-2H3;7H,2-5H2,1H3;3-4H,1-2H2;3H,1H2,2H3;;. The summed E-state index contributed by atoms with van der Waals surface area (Å²) in [6.45, 7) is 38.4. The van der Waals surface area contributed by atoms with Gasteiger partial charge < -0.3 is 42.8 Å². The lowest BCUT2D eigenvalue weighted by atomic mass is 10.0. The van der Waals surface area contributed by atoms with Gasteiger partial charge in [-0.1, -0.05) is 68.1 Å². The molecular formula is C95H121I2N9O18S3. The molecule has 4 aromatic heterocycles. The third kappa shape index (κ3) is 29.1. The molecule has 0 spiro atoms. The zero-order valence-corrected chi connectivity index (χ0v) is 80.9. The fraction of sp³-hybridized carbons (Fsp3) is 0.516. The number of esters is 1. The first-order valence-electron chi connectivity index (χ1n) is 43.9. The molecule has 0 unspecified atom stereocenters. The number of halogens is 2. The topological polar surface area (TPSA) is 344 Å². The van der Waals surface area contributed by atoms with Gasteiger partial charge in [-0.25, -0.2) is 34.9 Å². The normalized spacial score (nSPS) is 16.4. The van der Waals surface area contributed by atoms with Crippen molar-refractivity contribution in [3.8, 4) is 0 Å². The van der Waals surface area contributed by atoms with Crippen LogP contribution in [0.3, 0.4) is 0 Å². The summed E-state index contributed by atoms with van der Waals surface area (Å²) < 4.78 is 97.0. The van der Waals surface area contributed by atoms with Crippen molar-refractivity contribution in [2.24, 2.45) is 11.8 Å². The van der Waals surface area contributed by atoms with E-state index in [1.165, 1.54) is 60.0 Å². The van der Waals surface area contributed by atoms with E-state index in [9.17, 15) is 69.0 Å². The average Bonchev–Trinajstić information content (AvgIpc) is 1.60. The summed E-state index contributed by atoms with van der Waals surface area (Å²) >= 11 is 4.24. The van der Waals surface area contributed by atoms with Crippen molar-refractivity contribution < 1.29 is 83.4 Å². The number of aldehydes is 1. The van der Waals surface area contributed by atoms with E-state index in [-0.39, 0.29) is 70.7 Å². The summed E-state index contributed by atoms with van der Waals surface area (Å²) in [4.78, 5) is 100. The van der Waals surface area contributed by atoms with Crippen LogP contribution in [0.2, 0.25) is 0 Å². The monoisotopic (exact) mass is 2030 g/mol. The molecule has 0 bridgehead atoms. The summed E-state index contributed by atoms with van der Waals surface area (Å²) in [7, 11) is -10.7. The number of hydrogen-bond donors (Lipinski definition) is 2. The highest BCUT2D eigenvalue weighted by molar-refractivity contribution is 15.0. The Bertz CT molecular complexity index is 5330. The molecule has 3 saturated heterocycles. The molecule has 127 heavy (non-hydrogen) atoms. The van der Waals surface area contributed by atoms with Gasteiger partial charge in [-0.2, -0.15) is 22.5 Å². The van der Waals surface area contributed by atoms with Crippen molar-refractivity contribution in [3.63, 3.8) is 0 Å². The zero-order valence-electron chi connectivity index (χ0n) is 74.2. The number of carboxylic acid groups (broad SMARTS) is 2. The van der Waals surface area contributed by atoms with Crippen LogP contribution in [0.5, 0.6) is 0 Å². The first-order chi connectivity index (χ1) is 60.7. The Labute approximate surface area is 771 Å². The minimum absolute atomic E-state index is 0.0185. The molecule has 32 heteroatoms. The lowest BCUT2D eigenvalue weighted by molar-refractivity contribution is -0.192. The molecule has 27 nitrogen and oxygen atoms in total. The molecule has 16 rings (SSSR count). The lowest BCUT2D eigenvalue weighted by Crippen LogP contribution is -2.28. The number of ketones is 3. The Morgan fingerprint density at radius 2 is 0.890 bits per heavy atom. The second-order valence-electron chi connectivity index (χ2n) is 33.5. The molecular weight excluding hydrogens is 1910 g/mol. The van der Waals surface area contributed by atoms with E-state index in [1.807, 2.05) is 39.8 Å². The zero-order chi connectivity index (χ0) is 93.0. The van der Waals surface area contributed by atoms with Crippen LogP contribution in [0.4, 0.5) is 11.4 Å². The van der Waals surface area contributed by atoms with Gasteiger partial charge in [0, 0.05) is 160 Å². The number of ether oxygens (including phenoxy) is 1. The minimum Gasteiger partial charge on any atom is -0.480 e. The fourth-order valence-corrected chi connectivity index (χ4v) is 21.4. The highest BCUT2D eigenvalue weighted by Crippen LogP contribution is 2.51. The number of hydrogen-bond acceptors (Lipinski definition) is 16. The summed E-state index contributed by atoms with van der Waals surface area (Å²) in [6.07, 6.45) is 24.4. The van der Waals surface area contributed by atoms with E-state index in [1.54, 1.807) is 79.8 Å². The molecule has 0 radical (unpaired) electrons. The van der Waals surface area contributed by atoms with Crippen molar-refractivity contribution in [2.45, 2.75) is 274 Å². The van der Waals surface area contributed by atoms with Gasteiger partial charge in [0.1, 0.15) is 37.5 Å². The molecule has 9 fully saturated rings. The Hall–Kier alpha value is -8.84. The molecule has 7 heterocycles. The predicted octanol–water partition coefficient (Wildman–Crippen LogP) is 17.9. The maximum absolute atomic E-state index is 13.2. The van der Waals surface area contributed by atoms with Crippen molar-refractivity contribution >= 4 is 126 Å². The van der Waals surface area contributed by atoms with E-state index in [0.717, 1.165) is 171 Å². The third-order valence-corrected chi connectivity index (χ3v) is 29.8. The van der Waals surface area contributed by atoms with Gasteiger partial charge in [-0.3, -0.25) is 24.0 Å². The van der Waals surface area contributed by atoms with E-state index >= 15 is 0 Å². The SMILES string of the molecule is C=CC(C)=O.CC(=O)CCC(=O)C1CC1.CCCn1c(C)ccc1C1CC1.CCOC(=O)Cn1c(C2CC2)cc(Cc2ccccc2S(=O)(=O)N2CCCC2)c1C.II.O=C=O.O=CC1CC1.[C-]#[N+]c1c(Cc2ccccc2S(=O)(=O)N2CCCC2)c(C)n(CC(=O)O)c1C1CC1.[C-]#[N+]c1c(Cc2ccccc2S(=O)(=O)N2CCCC2)c(C)n(CC(=O)O)c1C1CC1. The van der Waals surface area contributed by atoms with Crippen molar-refractivity contribution in [1.82, 2.24) is 31.2 Å². The van der Waals surface area contributed by atoms with Gasteiger partial charge in [0.25, 0.3) is 0 Å². The fourth-order valence-electron chi connectivity index (χ4n) is 16.1. The largest absolute Gasteiger partial charge is 0.480 e. The molecule has 6 aliphatic carbocycles. The van der Waals surface area contributed by atoms with Gasteiger partial charge in [0.05, 0.1) is 34.4 Å². The van der Waals surface area contributed by atoms with E-state index < -0.39 is 42.0 Å². The van der Waals surface area contributed by atoms with Gasteiger partial charge in [-0.15, -0.1) is 0 Å². The maximum atomic E-state index is 13.2. The maximum Gasteiger partial charge on any atom is 0.373 e. The molecule has 3 aromatic carbocycles. The highest BCUT2D eigenvalue weighted by atomic mass is 128. The van der Waals surface area contributed by atoms with Crippen LogP contribution in [-0.4, -0.2) is 160 Å². The van der Waals surface area contributed by atoms with Crippen LogP contribution in [0.1, 0.15) is 265 Å². The summed E-state index contributed by atoms with van der Waals surface area (Å²) in [5.41, 5.74) is 13.9. The van der Waals surface area contributed by atoms with Crippen molar-refractivity contribution in [3.05, 3.63) is 205 Å². The molecule has 6 saturated carbocycles. The van der Waals surface area contributed by atoms with Crippen LogP contribution in [0, 0.1) is 52.7 Å². The molecule has 0 atom stereocenters. The Balaban J connectivity index is 0.000000196. The number of carbonyl (C=O) groups excluding carboxylic acids is 7. The minimum atomic E-state index is -3.59. The number of carbonyl (C=O) groups is 7. The quantitative estimate of drug-likeness (QED) is 0.0134. The molecule has 2 N–H and O–H groups in total. The number of benzene rings is 3. The second kappa shape index (κ2) is 49.3. The first kappa shape index (κ1) is 104. The number of rotatable bonds is 31. The first-order valence-corrected chi connectivity index (χ1v) is 54.5. The summed E-state index contributed by atoms with van der Waals surface area (Å²) in [5, 5.41) is 18.7. The van der Waals surface area contributed by atoms with Crippen molar-refractivity contribution in [1.29, 1.82) is 0 Å². The lowest BCUT2D eigenvalue weighted by Gasteiger charge is -2.18. The third-order valence-electron chi connectivity index (χ3n) is 23.8. The predicted molar refractivity (Wildman–Crippen MR) is 501 cm³/mol. The summed E-state index contributed by atoms with van der Waals surface area (Å²) in [6, 6.07) is 27.9. The molecule has 7 aromatic rings. The average molecular weight is 2030 g/mol. The van der Waals surface area contributed by atoms with Crippen LogP contribution < -0.4 is 0 Å². The van der Waals surface area contributed by atoms with Crippen LogP contribution in [0.25, 0.3) is 9.69 Å². The summed E-state index contributed by atoms with van der Waals surface area (Å²) in [5.74, 6) is 0.866. The Morgan fingerprint density at radius 1 is 0.512 bits per heavy atom. The number of carboxylic acids is 2. The molecule has 3 aliphatic heterocycles. The van der Waals surface area contributed by atoms with E-state index in [2.05, 4.69) is 94.7 Å². The second-order valence-corrected chi connectivity index (χ2v) is 39.2. The van der Waals surface area contributed by atoms with Gasteiger partial charge in [-0.05, 0) is 283 Å². The van der Waals surface area contributed by atoms with Crippen LogP contribution in [0.15, 0.2) is 118 Å². The van der Waals surface area contributed by atoms with Crippen LogP contribution >= 0.6 is 37.2 Å². The van der Waals surface area contributed by atoms with Gasteiger partial charge >= 0.3 is 24.1 Å². The van der Waals surface area contributed by atoms with Crippen molar-refractivity contribution in [2.75, 3.05) is 45.9 Å². The number of aromatic nitrogens is 4. The number of aliphatic carboxylic acids is 2. The van der Waals surface area contributed by atoms with E-state index in [4.69, 9.17) is 27.5 Å². The Morgan fingerprint density at radius 3 is 1.20 bits per heavy atom. The molecule has 686 valence electrons. The Kier molecular flexibility index (Phi) is 40.2. The number of nitrogens with zero attached hydrogens (tertiary/aromatic N) is 9.